The summed E-state index contributed by atoms with van der Waals surface area (Å²) in [6.45, 7) is 0. The van der Waals surface area contributed by atoms with Crippen molar-refractivity contribution in [2.45, 2.75) is 12.8 Å². The Morgan fingerprint density at radius 3 is 1.12 bits per heavy atom. The quantitative estimate of drug-likeness (QED) is 0.404. The molecule has 3 fully saturated rings. The summed E-state index contributed by atoms with van der Waals surface area (Å²) in [5, 5.41) is 0. The average molecular weight is 224 g/mol. The summed E-state index contributed by atoms with van der Waals surface area (Å²) in [5.74, 6) is -4.64. The van der Waals surface area contributed by atoms with Gasteiger partial charge in [-0.2, -0.15) is 0 Å². The largest absolute Gasteiger partial charge is 0.393 e. The molecule has 1 saturated carbocycles. The minimum absolute atomic E-state index is 0.185. The molecule has 6 heteroatoms. The van der Waals surface area contributed by atoms with Crippen molar-refractivity contribution in [2.24, 2.45) is 23.7 Å². The molecule has 84 valence electrons. The second-order valence-corrected chi connectivity index (χ2v) is 4.38. The fourth-order valence-corrected chi connectivity index (χ4v) is 2.75. The number of carbonyl (C=O) groups excluding carboxylic acids is 4. The molecule has 4 atom stereocenters. The van der Waals surface area contributed by atoms with Crippen LogP contribution in [0.4, 0.5) is 0 Å². The lowest BCUT2D eigenvalue weighted by atomic mass is 9.70. The Morgan fingerprint density at radius 2 is 0.875 bits per heavy atom. The van der Waals surface area contributed by atoms with E-state index in [2.05, 4.69) is 9.47 Å². The maximum Gasteiger partial charge on any atom is 0.317 e. The van der Waals surface area contributed by atoms with Crippen molar-refractivity contribution in [3.8, 4) is 0 Å². The molecule has 0 unspecified atom stereocenters. The van der Waals surface area contributed by atoms with E-state index < -0.39 is 47.5 Å². The van der Waals surface area contributed by atoms with Crippen molar-refractivity contribution < 1.29 is 28.7 Å². The molecule has 2 heterocycles. The van der Waals surface area contributed by atoms with Gasteiger partial charge in [-0.3, -0.25) is 19.2 Å². The number of carbonyl (C=O) groups is 4. The van der Waals surface area contributed by atoms with Gasteiger partial charge in [-0.05, 0) is 12.8 Å². The fraction of sp³-hybridized carbons (Fsp3) is 0.600. The van der Waals surface area contributed by atoms with E-state index in [1.165, 1.54) is 0 Å². The second kappa shape index (κ2) is 2.90. The second-order valence-electron chi connectivity index (χ2n) is 4.38. The van der Waals surface area contributed by atoms with E-state index in [1.54, 1.807) is 0 Å². The molecule has 0 aromatic carbocycles. The Bertz CT molecular complexity index is 349. The monoisotopic (exact) mass is 224 g/mol. The zero-order valence-corrected chi connectivity index (χ0v) is 8.17. The molecule has 2 aliphatic heterocycles. The average Bonchev–Trinajstić information content (AvgIpc) is 2.67. The van der Waals surface area contributed by atoms with Crippen LogP contribution >= 0.6 is 0 Å². The molecule has 1 aliphatic carbocycles. The number of esters is 4. The van der Waals surface area contributed by atoms with Crippen LogP contribution < -0.4 is 0 Å². The van der Waals surface area contributed by atoms with Crippen LogP contribution in [-0.2, 0) is 28.7 Å². The smallest absolute Gasteiger partial charge is 0.317 e. The summed E-state index contributed by atoms with van der Waals surface area (Å²) in [6, 6.07) is 0. The van der Waals surface area contributed by atoms with E-state index in [0.717, 1.165) is 0 Å². The Kier molecular flexibility index (Phi) is 1.72. The van der Waals surface area contributed by atoms with Crippen LogP contribution in [0.25, 0.3) is 0 Å². The Hall–Kier alpha value is -1.72. The van der Waals surface area contributed by atoms with Gasteiger partial charge in [0.05, 0.1) is 23.7 Å². The van der Waals surface area contributed by atoms with Crippen LogP contribution in [0, 0.1) is 23.7 Å². The third-order valence-corrected chi connectivity index (χ3v) is 3.60. The van der Waals surface area contributed by atoms with E-state index in [4.69, 9.17) is 0 Å². The lowest BCUT2D eigenvalue weighted by Crippen LogP contribution is -2.35. The number of hydrogen-bond acceptors (Lipinski definition) is 6. The minimum Gasteiger partial charge on any atom is -0.393 e. The summed E-state index contributed by atoms with van der Waals surface area (Å²) < 4.78 is 9.01. The summed E-state index contributed by atoms with van der Waals surface area (Å²) in [6.07, 6.45) is 0.370. The van der Waals surface area contributed by atoms with Gasteiger partial charge in [0.1, 0.15) is 0 Å². The number of hydrogen-bond donors (Lipinski definition) is 0. The maximum atomic E-state index is 11.3. The molecule has 0 spiro atoms. The summed E-state index contributed by atoms with van der Waals surface area (Å²) in [4.78, 5) is 45.3. The van der Waals surface area contributed by atoms with Gasteiger partial charge >= 0.3 is 23.9 Å². The molecule has 16 heavy (non-hydrogen) atoms. The lowest BCUT2D eigenvalue weighted by Gasteiger charge is -2.25. The van der Waals surface area contributed by atoms with Gasteiger partial charge in [-0.15, -0.1) is 0 Å². The summed E-state index contributed by atoms with van der Waals surface area (Å²) in [5.41, 5.74) is 0. The molecule has 3 rings (SSSR count). The fourth-order valence-electron chi connectivity index (χ4n) is 2.75. The number of ether oxygens (including phenoxy) is 2. The summed E-state index contributed by atoms with van der Waals surface area (Å²) >= 11 is 0. The molecular formula is C10H8O6. The van der Waals surface area contributed by atoms with E-state index in [-0.39, 0.29) is 12.8 Å². The zero-order chi connectivity index (χ0) is 11.4. The molecule has 0 amide bonds. The van der Waals surface area contributed by atoms with Crippen molar-refractivity contribution in [3.05, 3.63) is 0 Å². The third-order valence-electron chi connectivity index (χ3n) is 3.60. The van der Waals surface area contributed by atoms with Gasteiger partial charge in [-0.1, -0.05) is 0 Å². The Balaban J connectivity index is 1.92. The molecule has 0 bridgehead atoms. The van der Waals surface area contributed by atoms with Gasteiger partial charge < -0.3 is 9.47 Å². The van der Waals surface area contributed by atoms with Crippen molar-refractivity contribution in [1.29, 1.82) is 0 Å². The van der Waals surface area contributed by atoms with Crippen molar-refractivity contribution in [3.63, 3.8) is 0 Å². The first kappa shape index (κ1) is 9.50. The zero-order valence-electron chi connectivity index (χ0n) is 8.17. The third kappa shape index (κ3) is 1.07. The normalized spacial score (nSPS) is 41.5. The molecule has 0 aromatic heterocycles. The molecule has 2 saturated heterocycles. The molecular weight excluding hydrogens is 216 g/mol. The van der Waals surface area contributed by atoms with E-state index in [9.17, 15) is 19.2 Å². The summed E-state index contributed by atoms with van der Waals surface area (Å²) in [7, 11) is 0. The first-order chi connectivity index (χ1) is 7.58. The highest BCUT2D eigenvalue weighted by atomic mass is 16.6. The van der Waals surface area contributed by atoms with E-state index in [0.29, 0.717) is 0 Å². The Labute approximate surface area is 89.9 Å². The first-order valence-corrected chi connectivity index (χ1v) is 5.09. The highest BCUT2D eigenvalue weighted by molar-refractivity contribution is 6.01. The minimum atomic E-state index is -0.583. The van der Waals surface area contributed by atoms with E-state index in [1.807, 2.05) is 0 Å². The van der Waals surface area contributed by atoms with Crippen LogP contribution in [-0.4, -0.2) is 23.9 Å². The van der Waals surface area contributed by atoms with Crippen LogP contribution in [0.5, 0.6) is 0 Å². The lowest BCUT2D eigenvalue weighted by molar-refractivity contribution is -0.154. The van der Waals surface area contributed by atoms with Crippen molar-refractivity contribution in [2.75, 3.05) is 0 Å². The molecule has 0 N–H and O–H groups in total. The maximum absolute atomic E-state index is 11.3. The van der Waals surface area contributed by atoms with Gasteiger partial charge in [0.25, 0.3) is 0 Å². The topological polar surface area (TPSA) is 86.7 Å². The first-order valence-electron chi connectivity index (χ1n) is 5.09. The molecule has 3 aliphatic rings. The highest BCUT2D eigenvalue weighted by Gasteiger charge is 2.57. The molecule has 0 radical (unpaired) electrons. The van der Waals surface area contributed by atoms with Crippen LogP contribution in [0.15, 0.2) is 0 Å². The molecule has 6 nitrogen and oxygen atoms in total. The van der Waals surface area contributed by atoms with Gasteiger partial charge in [0.2, 0.25) is 0 Å². The number of rotatable bonds is 0. The van der Waals surface area contributed by atoms with Gasteiger partial charge in [-0.25, -0.2) is 0 Å². The van der Waals surface area contributed by atoms with Gasteiger partial charge in [0, 0.05) is 0 Å². The van der Waals surface area contributed by atoms with Crippen LogP contribution in [0.3, 0.4) is 0 Å². The van der Waals surface area contributed by atoms with E-state index >= 15 is 0 Å². The van der Waals surface area contributed by atoms with Crippen LogP contribution in [0.2, 0.25) is 0 Å². The number of fused-ring (bicyclic) bond motifs is 2. The molecule has 0 aromatic rings. The number of cyclic esters (lactones) is 4. The van der Waals surface area contributed by atoms with Gasteiger partial charge in [0.15, 0.2) is 0 Å². The van der Waals surface area contributed by atoms with Crippen molar-refractivity contribution in [1.82, 2.24) is 0 Å². The van der Waals surface area contributed by atoms with Crippen LogP contribution in [0.1, 0.15) is 12.8 Å². The predicted molar refractivity (Wildman–Crippen MR) is 45.4 cm³/mol. The van der Waals surface area contributed by atoms with Crippen molar-refractivity contribution >= 4 is 23.9 Å². The standard InChI is InChI=1S/C10H8O6/c11-7-3-1-4-6(10(14)16-8(4)12)2-5(3)9(13)15-7/h3-6H,1-2H2/t3-,4+,5-,6+. The predicted octanol–water partition coefficient (Wildman–Crippen LogP) is -0.588. The highest BCUT2D eigenvalue weighted by Crippen LogP contribution is 2.45. The SMILES string of the molecule is O=C1OC(=O)[C@H]2C[C@H]3C(=O)OC(=O)[C@@H]3C[C@H]12. The Morgan fingerprint density at radius 1 is 0.625 bits per heavy atom.